The summed E-state index contributed by atoms with van der Waals surface area (Å²) in [7, 11) is 1.70. The fourth-order valence-corrected chi connectivity index (χ4v) is 2.82. The maximum absolute atomic E-state index is 5.15. The number of benzene rings is 1. The number of rotatable bonds is 10. The molecule has 0 aliphatic rings. The minimum Gasteiger partial charge on any atom is -0.497 e. The molecule has 0 heterocycles. The Morgan fingerprint density at radius 3 is 2.58 bits per heavy atom. The van der Waals surface area contributed by atoms with Crippen LogP contribution in [-0.4, -0.2) is 25.4 Å². The molecule has 1 rings (SSSR count). The maximum atomic E-state index is 5.15. The van der Waals surface area contributed by atoms with Crippen molar-refractivity contribution in [2.45, 2.75) is 50.5 Å². The molecule has 0 saturated carbocycles. The Hall–Kier alpha value is -0.670. The molecule has 0 aromatic heterocycles. The molecular weight excluding hydrogens is 254 g/mol. The first kappa shape index (κ1) is 16.4. The van der Waals surface area contributed by atoms with Crippen molar-refractivity contribution < 1.29 is 4.74 Å². The highest BCUT2D eigenvalue weighted by Crippen LogP contribution is 2.22. The normalized spacial score (nSPS) is 12.4. The highest BCUT2D eigenvalue weighted by Gasteiger charge is 2.00. The van der Waals surface area contributed by atoms with Gasteiger partial charge >= 0.3 is 0 Å². The van der Waals surface area contributed by atoms with Gasteiger partial charge in [0.05, 0.1) is 7.11 Å². The maximum Gasteiger partial charge on any atom is 0.118 e. The standard InChI is InChI=1S/C16H27NOS/c1-4-12-17-14(2)7-5-6-13-19-16-10-8-15(18-3)9-11-16/h8-11,14,17H,4-7,12-13H2,1-3H3. The summed E-state index contributed by atoms with van der Waals surface area (Å²) in [5, 5.41) is 3.53. The van der Waals surface area contributed by atoms with E-state index in [1.54, 1.807) is 7.11 Å². The molecule has 1 atom stereocenters. The van der Waals surface area contributed by atoms with Gasteiger partial charge in [-0.25, -0.2) is 0 Å². The fraction of sp³-hybridized carbons (Fsp3) is 0.625. The van der Waals surface area contributed by atoms with Gasteiger partial charge < -0.3 is 10.1 Å². The van der Waals surface area contributed by atoms with Gasteiger partial charge in [0.1, 0.15) is 5.75 Å². The van der Waals surface area contributed by atoms with Gasteiger partial charge in [-0.2, -0.15) is 0 Å². The van der Waals surface area contributed by atoms with E-state index >= 15 is 0 Å². The second-order valence-corrected chi connectivity index (χ2v) is 6.04. The summed E-state index contributed by atoms with van der Waals surface area (Å²) < 4.78 is 5.15. The van der Waals surface area contributed by atoms with E-state index in [2.05, 4.69) is 31.3 Å². The largest absolute Gasteiger partial charge is 0.497 e. The van der Waals surface area contributed by atoms with Crippen LogP contribution in [0.1, 0.15) is 39.5 Å². The van der Waals surface area contributed by atoms with Crippen LogP contribution in [0.4, 0.5) is 0 Å². The van der Waals surface area contributed by atoms with Gasteiger partial charge in [0.15, 0.2) is 0 Å². The van der Waals surface area contributed by atoms with Crippen molar-refractivity contribution in [1.82, 2.24) is 5.32 Å². The summed E-state index contributed by atoms with van der Waals surface area (Å²) in [5.41, 5.74) is 0. The van der Waals surface area contributed by atoms with E-state index in [-0.39, 0.29) is 0 Å². The van der Waals surface area contributed by atoms with Crippen molar-refractivity contribution >= 4 is 11.8 Å². The molecule has 1 aromatic carbocycles. The predicted octanol–water partition coefficient (Wildman–Crippen LogP) is 4.35. The lowest BCUT2D eigenvalue weighted by Crippen LogP contribution is -2.26. The van der Waals surface area contributed by atoms with Crippen molar-refractivity contribution in [2.75, 3.05) is 19.4 Å². The van der Waals surface area contributed by atoms with Crippen LogP contribution in [-0.2, 0) is 0 Å². The third-order valence-electron chi connectivity index (χ3n) is 3.10. The Labute approximate surface area is 122 Å². The van der Waals surface area contributed by atoms with Crippen molar-refractivity contribution in [3.8, 4) is 5.75 Å². The van der Waals surface area contributed by atoms with Crippen molar-refractivity contribution in [1.29, 1.82) is 0 Å². The lowest BCUT2D eigenvalue weighted by atomic mass is 10.1. The molecule has 0 fully saturated rings. The van der Waals surface area contributed by atoms with E-state index in [1.165, 1.54) is 36.3 Å². The average molecular weight is 281 g/mol. The second kappa shape index (κ2) is 10.2. The number of nitrogens with one attached hydrogen (secondary N) is 1. The van der Waals surface area contributed by atoms with Crippen molar-refractivity contribution in [3.05, 3.63) is 24.3 Å². The molecule has 108 valence electrons. The second-order valence-electron chi connectivity index (χ2n) is 4.87. The quantitative estimate of drug-likeness (QED) is 0.509. The minimum absolute atomic E-state index is 0.658. The summed E-state index contributed by atoms with van der Waals surface area (Å²) in [4.78, 5) is 1.33. The van der Waals surface area contributed by atoms with Crippen LogP contribution in [0.15, 0.2) is 29.2 Å². The fourth-order valence-electron chi connectivity index (χ4n) is 1.91. The molecule has 1 unspecified atom stereocenters. The number of unbranched alkanes of at least 4 members (excludes halogenated alkanes) is 1. The summed E-state index contributed by atoms with van der Waals surface area (Å²) >= 11 is 1.93. The third-order valence-corrected chi connectivity index (χ3v) is 4.20. The van der Waals surface area contributed by atoms with E-state index in [9.17, 15) is 0 Å². The van der Waals surface area contributed by atoms with Gasteiger partial charge in [-0.15, -0.1) is 11.8 Å². The smallest absolute Gasteiger partial charge is 0.118 e. The molecule has 0 spiro atoms. The molecule has 0 radical (unpaired) electrons. The minimum atomic E-state index is 0.658. The van der Waals surface area contributed by atoms with E-state index < -0.39 is 0 Å². The van der Waals surface area contributed by atoms with Crippen LogP contribution < -0.4 is 10.1 Å². The van der Waals surface area contributed by atoms with Crippen molar-refractivity contribution in [2.24, 2.45) is 0 Å². The lowest BCUT2D eigenvalue weighted by Gasteiger charge is -2.12. The Morgan fingerprint density at radius 1 is 1.21 bits per heavy atom. The van der Waals surface area contributed by atoms with Crippen LogP contribution in [0.25, 0.3) is 0 Å². The first-order chi connectivity index (χ1) is 9.26. The molecule has 0 aliphatic carbocycles. The Balaban J connectivity index is 2.06. The lowest BCUT2D eigenvalue weighted by molar-refractivity contribution is 0.414. The van der Waals surface area contributed by atoms with Crippen LogP contribution >= 0.6 is 11.8 Å². The Bertz CT molecular complexity index is 326. The average Bonchev–Trinajstić information content (AvgIpc) is 2.45. The summed E-state index contributed by atoms with van der Waals surface area (Å²) in [5.74, 6) is 2.13. The number of ether oxygens (including phenoxy) is 1. The van der Waals surface area contributed by atoms with E-state index in [4.69, 9.17) is 4.74 Å². The topological polar surface area (TPSA) is 21.3 Å². The summed E-state index contributed by atoms with van der Waals surface area (Å²) in [6.07, 6.45) is 5.09. The zero-order valence-electron chi connectivity index (χ0n) is 12.4. The molecule has 1 N–H and O–H groups in total. The zero-order valence-corrected chi connectivity index (χ0v) is 13.3. The van der Waals surface area contributed by atoms with Gasteiger partial charge in [0.2, 0.25) is 0 Å². The van der Waals surface area contributed by atoms with Crippen LogP contribution in [0.5, 0.6) is 5.75 Å². The molecule has 2 nitrogen and oxygen atoms in total. The van der Waals surface area contributed by atoms with Gasteiger partial charge in [-0.1, -0.05) is 13.3 Å². The zero-order chi connectivity index (χ0) is 13.9. The van der Waals surface area contributed by atoms with Gasteiger partial charge in [-0.3, -0.25) is 0 Å². The van der Waals surface area contributed by atoms with Crippen LogP contribution in [0, 0.1) is 0 Å². The van der Waals surface area contributed by atoms with Crippen LogP contribution in [0.3, 0.4) is 0 Å². The monoisotopic (exact) mass is 281 g/mol. The molecule has 0 bridgehead atoms. The molecular formula is C16H27NOS. The highest BCUT2D eigenvalue weighted by molar-refractivity contribution is 7.99. The molecule has 0 saturated heterocycles. The van der Waals surface area contributed by atoms with Gasteiger partial charge in [-0.05, 0) is 62.7 Å². The van der Waals surface area contributed by atoms with E-state index in [0.717, 1.165) is 12.3 Å². The number of methoxy groups -OCH3 is 1. The van der Waals surface area contributed by atoms with E-state index in [0.29, 0.717) is 6.04 Å². The highest BCUT2D eigenvalue weighted by atomic mass is 32.2. The first-order valence-corrected chi connectivity index (χ1v) is 8.25. The summed E-state index contributed by atoms with van der Waals surface area (Å²) in [6, 6.07) is 8.98. The Morgan fingerprint density at radius 2 is 1.95 bits per heavy atom. The SMILES string of the molecule is CCCNC(C)CCCCSc1ccc(OC)cc1. The number of hydrogen-bond donors (Lipinski definition) is 1. The van der Waals surface area contributed by atoms with Gasteiger partial charge in [0.25, 0.3) is 0 Å². The third kappa shape index (κ3) is 7.48. The van der Waals surface area contributed by atoms with Crippen molar-refractivity contribution in [3.63, 3.8) is 0 Å². The van der Waals surface area contributed by atoms with E-state index in [1.807, 2.05) is 23.9 Å². The molecule has 0 aliphatic heterocycles. The first-order valence-electron chi connectivity index (χ1n) is 7.26. The number of thioether (sulfide) groups is 1. The molecule has 1 aromatic rings. The molecule has 0 amide bonds. The number of hydrogen-bond acceptors (Lipinski definition) is 3. The summed E-state index contributed by atoms with van der Waals surface area (Å²) in [6.45, 7) is 5.64. The van der Waals surface area contributed by atoms with Gasteiger partial charge in [0, 0.05) is 10.9 Å². The predicted molar refractivity (Wildman–Crippen MR) is 85.3 cm³/mol. The molecule has 3 heteroatoms. The van der Waals surface area contributed by atoms with Crippen LogP contribution in [0.2, 0.25) is 0 Å². The molecule has 19 heavy (non-hydrogen) atoms. The Kier molecular flexibility index (Phi) is 8.76.